The Morgan fingerprint density at radius 3 is 1.31 bits per heavy atom. The van der Waals surface area contributed by atoms with E-state index in [0.717, 1.165) is 33.5 Å². The molecule has 0 amide bonds. The third kappa shape index (κ3) is 4.83. The highest BCUT2D eigenvalue weighted by atomic mass is 14.9. The standard InChI is InChI=1S/C46H30N2/c1-3-14-31(15-4-1)35-26-28-42(39-23-11-9-21-36(35)39)44-30-45(48-46(47-44)33-17-5-2-6-18-33)43-29-27-41(38-22-10-12-24-40(38)43)37-25-13-19-32-16-7-8-20-34(32)37/h1-30H. The summed E-state index contributed by atoms with van der Waals surface area (Å²) in [5, 5.41) is 7.22. The third-order valence-electron chi connectivity index (χ3n) is 9.32. The highest BCUT2D eigenvalue weighted by molar-refractivity contribution is 6.10. The molecule has 0 fully saturated rings. The fourth-order valence-electron chi connectivity index (χ4n) is 7.05. The molecule has 0 aliphatic carbocycles. The fourth-order valence-corrected chi connectivity index (χ4v) is 7.05. The highest BCUT2D eigenvalue weighted by Crippen LogP contribution is 2.40. The van der Waals surface area contributed by atoms with E-state index in [2.05, 4.69) is 164 Å². The molecule has 0 bridgehead atoms. The number of hydrogen-bond donors (Lipinski definition) is 0. The molecule has 1 heterocycles. The van der Waals surface area contributed by atoms with Gasteiger partial charge in [-0.3, -0.25) is 0 Å². The Morgan fingerprint density at radius 2 is 0.688 bits per heavy atom. The van der Waals surface area contributed by atoms with Crippen molar-refractivity contribution in [3.63, 3.8) is 0 Å². The molecule has 0 radical (unpaired) electrons. The maximum atomic E-state index is 5.24. The Morgan fingerprint density at radius 1 is 0.271 bits per heavy atom. The van der Waals surface area contributed by atoms with Crippen LogP contribution in [0.2, 0.25) is 0 Å². The first-order chi connectivity index (χ1) is 23.8. The largest absolute Gasteiger partial charge is 0.228 e. The van der Waals surface area contributed by atoms with Gasteiger partial charge in [-0.25, -0.2) is 9.97 Å². The lowest BCUT2D eigenvalue weighted by atomic mass is 9.90. The van der Waals surface area contributed by atoms with Gasteiger partial charge in [0.1, 0.15) is 0 Å². The molecule has 0 atom stereocenters. The topological polar surface area (TPSA) is 25.8 Å². The van der Waals surface area contributed by atoms with E-state index in [1.165, 1.54) is 49.2 Å². The van der Waals surface area contributed by atoms with Gasteiger partial charge in [-0.1, -0.05) is 176 Å². The molecule has 0 saturated heterocycles. The van der Waals surface area contributed by atoms with Crippen LogP contribution in [0.4, 0.5) is 0 Å². The molecule has 9 aromatic rings. The number of fused-ring (bicyclic) bond motifs is 3. The van der Waals surface area contributed by atoms with E-state index < -0.39 is 0 Å². The molecule has 48 heavy (non-hydrogen) atoms. The van der Waals surface area contributed by atoms with Gasteiger partial charge in [-0.2, -0.15) is 0 Å². The predicted molar refractivity (Wildman–Crippen MR) is 202 cm³/mol. The van der Waals surface area contributed by atoms with Crippen LogP contribution in [0, 0.1) is 0 Å². The zero-order valence-electron chi connectivity index (χ0n) is 26.2. The van der Waals surface area contributed by atoms with Crippen LogP contribution in [0.5, 0.6) is 0 Å². The number of rotatable bonds is 5. The van der Waals surface area contributed by atoms with Crippen LogP contribution < -0.4 is 0 Å². The lowest BCUT2D eigenvalue weighted by Gasteiger charge is -2.16. The summed E-state index contributed by atoms with van der Waals surface area (Å²) in [6.45, 7) is 0. The SMILES string of the molecule is c1ccc(-c2nc(-c3ccc(-c4ccccc4)c4ccccc34)cc(-c3ccc(-c4cccc5ccccc45)c4ccccc34)n2)cc1. The monoisotopic (exact) mass is 610 g/mol. The predicted octanol–water partition coefficient (Wildman–Crippen LogP) is 12.3. The van der Waals surface area contributed by atoms with Gasteiger partial charge in [0.25, 0.3) is 0 Å². The summed E-state index contributed by atoms with van der Waals surface area (Å²) in [5.41, 5.74) is 9.81. The molecule has 1 aromatic heterocycles. The van der Waals surface area contributed by atoms with Gasteiger partial charge >= 0.3 is 0 Å². The summed E-state index contributed by atoms with van der Waals surface area (Å²) in [6, 6.07) is 64.5. The van der Waals surface area contributed by atoms with Crippen LogP contribution >= 0.6 is 0 Å². The molecule has 0 aliphatic heterocycles. The summed E-state index contributed by atoms with van der Waals surface area (Å²) in [5.74, 6) is 0.710. The Labute approximate surface area is 279 Å². The van der Waals surface area contributed by atoms with Crippen LogP contribution in [-0.2, 0) is 0 Å². The fraction of sp³-hybridized carbons (Fsp3) is 0. The van der Waals surface area contributed by atoms with Gasteiger partial charge in [0.05, 0.1) is 11.4 Å². The van der Waals surface area contributed by atoms with E-state index in [-0.39, 0.29) is 0 Å². The lowest BCUT2D eigenvalue weighted by molar-refractivity contribution is 1.19. The van der Waals surface area contributed by atoms with Gasteiger partial charge in [-0.05, 0) is 60.6 Å². The first-order valence-corrected chi connectivity index (χ1v) is 16.3. The number of nitrogens with zero attached hydrogens (tertiary/aromatic N) is 2. The molecule has 0 saturated carbocycles. The lowest BCUT2D eigenvalue weighted by Crippen LogP contribution is -1.97. The van der Waals surface area contributed by atoms with Crippen molar-refractivity contribution < 1.29 is 0 Å². The van der Waals surface area contributed by atoms with Gasteiger partial charge in [0.2, 0.25) is 0 Å². The van der Waals surface area contributed by atoms with Crippen molar-refractivity contribution in [2.75, 3.05) is 0 Å². The van der Waals surface area contributed by atoms with Crippen LogP contribution in [-0.4, -0.2) is 9.97 Å². The normalized spacial score (nSPS) is 11.3. The number of benzene rings is 8. The van der Waals surface area contributed by atoms with E-state index in [9.17, 15) is 0 Å². The van der Waals surface area contributed by atoms with E-state index in [1.54, 1.807) is 0 Å². The van der Waals surface area contributed by atoms with Crippen molar-refractivity contribution in [3.05, 3.63) is 182 Å². The van der Waals surface area contributed by atoms with Crippen molar-refractivity contribution in [2.45, 2.75) is 0 Å². The Balaban J connectivity index is 1.28. The molecule has 0 aliphatic rings. The van der Waals surface area contributed by atoms with Crippen molar-refractivity contribution in [1.82, 2.24) is 9.97 Å². The zero-order valence-corrected chi connectivity index (χ0v) is 26.2. The molecular formula is C46H30N2. The van der Waals surface area contributed by atoms with E-state index in [1.807, 2.05) is 18.2 Å². The Bertz CT molecular complexity index is 2600. The van der Waals surface area contributed by atoms with Crippen LogP contribution in [0.15, 0.2) is 182 Å². The molecule has 2 heteroatoms. The van der Waals surface area contributed by atoms with Gasteiger partial charge < -0.3 is 0 Å². The smallest absolute Gasteiger partial charge is 0.160 e. The van der Waals surface area contributed by atoms with Crippen LogP contribution in [0.25, 0.3) is 88.5 Å². The third-order valence-corrected chi connectivity index (χ3v) is 9.32. The van der Waals surface area contributed by atoms with Crippen molar-refractivity contribution in [3.8, 4) is 56.2 Å². The van der Waals surface area contributed by atoms with Crippen molar-refractivity contribution in [1.29, 1.82) is 0 Å². The highest BCUT2D eigenvalue weighted by Gasteiger charge is 2.17. The Hall–Kier alpha value is -6.38. The number of aromatic nitrogens is 2. The summed E-state index contributed by atoms with van der Waals surface area (Å²) < 4.78 is 0. The maximum Gasteiger partial charge on any atom is 0.160 e. The van der Waals surface area contributed by atoms with E-state index >= 15 is 0 Å². The van der Waals surface area contributed by atoms with Crippen LogP contribution in [0.1, 0.15) is 0 Å². The molecule has 0 unspecified atom stereocenters. The second kappa shape index (κ2) is 11.8. The van der Waals surface area contributed by atoms with E-state index in [4.69, 9.17) is 9.97 Å². The molecule has 224 valence electrons. The first-order valence-electron chi connectivity index (χ1n) is 16.3. The second-order valence-corrected chi connectivity index (χ2v) is 12.1. The summed E-state index contributed by atoms with van der Waals surface area (Å²) in [4.78, 5) is 10.5. The first kappa shape index (κ1) is 27.9. The van der Waals surface area contributed by atoms with Gasteiger partial charge in [0, 0.05) is 16.7 Å². The Kier molecular flexibility index (Phi) is 6.84. The average Bonchev–Trinajstić information content (AvgIpc) is 3.17. The van der Waals surface area contributed by atoms with Crippen molar-refractivity contribution >= 4 is 32.3 Å². The molecule has 8 aromatic carbocycles. The number of hydrogen-bond acceptors (Lipinski definition) is 2. The maximum absolute atomic E-state index is 5.24. The molecule has 0 N–H and O–H groups in total. The minimum absolute atomic E-state index is 0.710. The van der Waals surface area contributed by atoms with Gasteiger partial charge in [0.15, 0.2) is 5.82 Å². The second-order valence-electron chi connectivity index (χ2n) is 12.1. The minimum Gasteiger partial charge on any atom is -0.228 e. The minimum atomic E-state index is 0.710. The molecule has 0 spiro atoms. The zero-order chi connectivity index (χ0) is 31.9. The molecule has 9 rings (SSSR count). The summed E-state index contributed by atoms with van der Waals surface area (Å²) in [6.07, 6.45) is 0. The van der Waals surface area contributed by atoms with E-state index in [0.29, 0.717) is 5.82 Å². The summed E-state index contributed by atoms with van der Waals surface area (Å²) in [7, 11) is 0. The van der Waals surface area contributed by atoms with Gasteiger partial charge in [-0.15, -0.1) is 0 Å². The average molecular weight is 611 g/mol. The quantitative estimate of drug-likeness (QED) is 0.194. The summed E-state index contributed by atoms with van der Waals surface area (Å²) >= 11 is 0. The van der Waals surface area contributed by atoms with Crippen LogP contribution in [0.3, 0.4) is 0 Å². The molecular weight excluding hydrogens is 581 g/mol. The van der Waals surface area contributed by atoms with Crippen molar-refractivity contribution in [2.24, 2.45) is 0 Å². The molecule has 2 nitrogen and oxygen atoms in total.